The molecule has 0 radical (unpaired) electrons. The number of nitro benzene ring substituents is 2. The Morgan fingerprint density at radius 3 is 2.26 bits per heavy atom. The van der Waals surface area contributed by atoms with Gasteiger partial charge in [-0.15, -0.1) is 0 Å². The number of rotatable bonds is 4. The van der Waals surface area contributed by atoms with Crippen LogP contribution in [0.4, 0.5) is 11.4 Å². The molecular weight excluding hydrogens is 398 g/mol. The third-order valence-corrected chi connectivity index (χ3v) is 5.95. The highest BCUT2D eigenvalue weighted by Gasteiger charge is 2.26. The quantitative estimate of drug-likeness (QED) is 0.468. The number of hydrogen-bond acceptors (Lipinski definition) is 5. The molecule has 1 unspecified atom stereocenters. The first-order chi connectivity index (χ1) is 14.7. The summed E-state index contributed by atoms with van der Waals surface area (Å²) in [5, 5.41) is 27.5. The first-order valence-electron chi connectivity index (χ1n) is 10.0. The number of nitrogens with one attached hydrogen (secondary N) is 1. The van der Waals surface area contributed by atoms with Gasteiger partial charge in [0.05, 0.1) is 27.5 Å². The van der Waals surface area contributed by atoms with Crippen LogP contribution in [0.5, 0.6) is 0 Å². The number of carbonyl (C=O) groups excluding carboxylic acids is 1. The summed E-state index contributed by atoms with van der Waals surface area (Å²) in [6, 6.07) is 11.2. The predicted octanol–water partition coefficient (Wildman–Crippen LogP) is 5.08. The predicted molar refractivity (Wildman–Crippen MR) is 116 cm³/mol. The summed E-state index contributed by atoms with van der Waals surface area (Å²) < 4.78 is 0. The minimum absolute atomic E-state index is 0.0970. The van der Waals surface area contributed by atoms with Crippen molar-refractivity contribution < 1.29 is 14.6 Å². The summed E-state index contributed by atoms with van der Waals surface area (Å²) in [7, 11) is 0. The minimum atomic E-state index is -0.738. The fourth-order valence-corrected chi connectivity index (χ4v) is 4.26. The van der Waals surface area contributed by atoms with E-state index in [1.807, 2.05) is 6.92 Å². The van der Waals surface area contributed by atoms with Crippen LogP contribution >= 0.6 is 0 Å². The molecule has 3 aromatic carbocycles. The first-order valence-corrected chi connectivity index (χ1v) is 10.0. The van der Waals surface area contributed by atoms with Gasteiger partial charge >= 0.3 is 0 Å². The first kappa shape index (κ1) is 20.5. The molecule has 0 aromatic heterocycles. The van der Waals surface area contributed by atoms with E-state index >= 15 is 0 Å². The van der Waals surface area contributed by atoms with Crippen molar-refractivity contribution in [1.29, 1.82) is 0 Å². The highest BCUT2D eigenvalue weighted by molar-refractivity contribution is 5.96. The van der Waals surface area contributed by atoms with E-state index in [4.69, 9.17) is 0 Å². The smallest absolute Gasteiger partial charge is 0.277 e. The van der Waals surface area contributed by atoms with E-state index in [1.165, 1.54) is 5.56 Å². The summed E-state index contributed by atoms with van der Waals surface area (Å²) in [5.74, 6) is -0.564. The van der Waals surface area contributed by atoms with Crippen molar-refractivity contribution in [2.45, 2.75) is 39.2 Å². The number of hydrogen-bond donors (Lipinski definition) is 1. The molecule has 158 valence electrons. The molecule has 4 rings (SSSR count). The fourth-order valence-electron chi connectivity index (χ4n) is 4.26. The zero-order valence-corrected chi connectivity index (χ0v) is 17.2. The molecule has 1 atom stereocenters. The summed E-state index contributed by atoms with van der Waals surface area (Å²) >= 11 is 0. The van der Waals surface area contributed by atoms with Gasteiger partial charge in [0.1, 0.15) is 0 Å². The van der Waals surface area contributed by atoms with Gasteiger partial charge in [-0.3, -0.25) is 25.0 Å². The van der Waals surface area contributed by atoms with E-state index < -0.39 is 27.1 Å². The van der Waals surface area contributed by atoms with Crippen LogP contribution in [0.2, 0.25) is 0 Å². The standard InChI is InChI=1S/C23H21N3O5/c1-13-8-16-7-6-15-4-3-5-21(22(15)20(16)9-14(13)2)24-23(27)17-10-18(25(28)29)12-19(11-17)26(30)31/h6-12,21H,3-5H2,1-2H3,(H,24,27). The summed E-state index contributed by atoms with van der Waals surface area (Å²) in [4.78, 5) is 33.8. The highest BCUT2D eigenvalue weighted by atomic mass is 16.6. The lowest BCUT2D eigenvalue weighted by Crippen LogP contribution is -2.31. The van der Waals surface area contributed by atoms with E-state index in [9.17, 15) is 25.0 Å². The van der Waals surface area contributed by atoms with Crippen LogP contribution in [-0.4, -0.2) is 15.8 Å². The lowest BCUT2D eigenvalue weighted by atomic mass is 9.83. The number of nitro groups is 2. The molecule has 1 aliphatic rings. The summed E-state index contributed by atoms with van der Waals surface area (Å²) in [5.41, 5.74) is 3.50. The Labute approximate surface area is 178 Å². The van der Waals surface area contributed by atoms with Crippen LogP contribution in [0.25, 0.3) is 10.8 Å². The van der Waals surface area contributed by atoms with E-state index in [-0.39, 0.29) is 11.6 Å². The second-order valence-corrected chi connectivity index (χ2v) is 7.97. The summed E-state index contributed by atoms with van der Waals surface area (Å²) in [6.45, 7) is 4.11. The number of benzene rings is 3. The van der Waals surface area contributed by atoms with Gasteiger partial charge in [-0.25, -0.2) is 0 Å². The van der Waals surface area contributed by atoms with Crippen molar-refractivity contribution >= 4 is 28.1 Å². The van der Waals surface area contributed by atoms with Gasteiger partial charge in [-0.2, -0.15) is 0 Å². The number of carbonyl (C=O) groups is 1. The van der Waals surface area contributed by atoms with Crippen molar-refractivity contribution in [3.05, 3.63) is 90.5 Å². The molecule has 0 saturated heterocycles. The van der Waals surface area contributed by atoms with E-state index in [1.54, 1.807) is 0 Å². The van der Waals surface area contributed by atoms with Crippen LogP contribution in [-0.2, 0) is 6.42 Å². The second-order valence-electron chi connectivity index (χ2n) is 7.97. The maximum atomic E-state index is 13.0. The van der Waals surface area contributed by atoms with Gasteiger partial charge in [-0.05, 0) is 66.1 Å². The Morgan fingerprint density at radius 1 is 0.968 bits per heavy atom. The Hall–Kier alpha value is -3.81. The number of nitrogens with zero attached hydrogens (tertiary/aromatic N) is 2. The number of aryl methyl sites for hydroxylation is 3. The Morgan fingerprint density at radius 2 is 1.61 bits per heavy atom. The largest absolute Gasteiger partial charge is 0.345 e. The van der Waals surface area contributed by atoms with Gasteiger partial charge < -0.3 is 5.32 Å². The zero-order valence-electron chi connectivity index (χ0n) is 17.2. The van der Waals surface area contributed by atoms with Crippen molar-refractivity contribution in [3.8, 4) is 0 Å². The molecule has 0 saturated carbocycles. The maximum Gasteiger partial charge on any atom is 0.277 e. The fraction of sp³-hybridized carbons (Fsp3) is 0.261. The molecule has 31 heavy (non-hydrogen) atoms. The molecule has 1 aliphatic carbocycles. The molecule has 8 heteroatoms. The van der Waals surface area contributed by atoms with Crippen LogP contribution in [0.3, 0.4) is 0 Å². The second kappa shape index (κ2) is 7.79. The van der Waals surface area contributed by atoms with E-state index in [2.05, 4.69) is 36.5 Å². The average molecular weight is 419 g/mol. The van der Waals surface area contributed by atoms with E-state index in [0.29, 0.717) is 0 Å². The molecule has 1 N–H and O–H groups in total. The highest BCUT2D eigenvalue weighted by Crippen LogP contribution is 2.37. The molecular formula is C23H21N3O5. The minimum Gasteiger partial charge on any atom is -0.345 e. The molecule has 8 nitrogen and oxygen atoms in total. The molecule has 0 heterocycles. The third kappa shape index (κ3) is 3.84. The molecule has 3 aromatic rings. The molecule has 0 spiro atoms. The van der Waals surface area contributed by atoms with Crippen molar-refractivity contribution in [2.24, 2.45) is 0 Å². The summed E-state index contributed by atoms with van der Waals surface area (Å²) in [6.07, 6.45) is 2.53. The third-order valence-electron chi connectivity index (χ3n) is 5.95. The molecule has 0 fully saturated rings. The van der Waals surface area contributed by atoms with Crippen molar-refractivity contribution in [1.82, 2.24) is 5.32 Å². The van der Waals surface area contributed by atoms with Gasteiger partial charge in [0.2, 0.25) is 0 Å². The van der Waals surface area contributed by atoms with Crippen LogP contribution in [0, 0.1) is 34.1 Å². The average Bonchev–Trinajstić information content (AvgIpc) is 2.74. The molecule has 0 bridgehead atoms. The molecule has 0 aliphatic heterocycles. The topological polar surface area (TPSA) is 115 Å². The Bertz CT molecular complexity index is 1220. The van der Waals surface area contributed by atoms with Crippen molar-refractivity contribution in [3.63, 3.8) is 0 Å². The lowest BCUT2D eigenvalue weighted by Gasteiger charge is -2.28. The van der Waals surface area contributed by atoms with Gasteiger partial charge in [0, 0.05) is 12.1 Å². The van der Waals surface area contributed by atoms with Crippen molar-refractivity contribution in [2.75, 3.05) is 0 Å². The maximum absolute atomic E-state index is 13.0. The number of amides is 1. The Balaban J connectivity index is 1.74. The Kier molecular flexibility index (Phi) is 5.14. The van der Waals surface area contributed by atoms with Crippen LogP contribution < -0.4 is 5.32 Å². The SMILES string of the molecule is Cc1cc2ccc3c(c2cc1C)C(NC(=O)c1cc([N+](=O)[O-])cc([N+](=O)[O-])c1)CCC3. The normalized spacial score (nSPS) is 15.4. The van der Waals surface area contributed by atoms with Crippen LogP contribution in [0.15, 0.2) is 42.5 Å². The zero-order chi connectivity index (χ0) is 22.3. The number of fused-ring (bicyclic) bond motifs is 3. The molecule has 1 amide bonds. The lowest BCUT2D eigenvalue weighted by molar-refractivity contribution is -0.394. The number of non-ortho nitro benzene ring substituents is 2. The van der Waals surface area contributed by atoms with E-state index in [0.717, 1.165) is 64.9 Å². The van der Waals surface area contributed by atoms with Gasteiger partial charge in [0.15, 0.2) is 0 Å². The monoisotopic (exact) mass is 419 g/mol. The van der Waals surface area contributed by atoms with Gasteiger partial charge in [0.25, 0.3) is 17.3 Å². The van der Waals surface area contributed by atoms with Gasteiger partial charge in [-0.1, -0.05) is 24.3 Å². The van der Waals surface area contributed by atoms with Crippen LogP contribution in [0.1, 0.15) is 51.5 Å².